The molecule has 3 nitrogen and oxygen atoms in total. The van der Waals surface area contributed by atoms with Gasteiger partial charge in [0.1, 0.15) is 5.75 Å². The number of ether oxygens (including phenoxy) is 1. The lowest BCUT2D eigenvalue weighted by atomic mass is 10.0. The van der Waals surface area contributed by atoms with E-state index in [0.29, 0.717) is 0 Å². The topological polar surface area (TPSA) is 29.5 Å². The van der Waals surface area contributed by atoms with Crippen molar-refractivity contribution < 1.29 is 9.53 Å². The Labute approximate surface area is 137 Å². The predicted octanol–water partition coefficient (Wildman–Crippen LogP) is 4.05. The van der Waals surface area contributed by atoms with Gasteiger partial charge in [-0.2, -0.15) is 0 Å². The van der Waals surface area contributed by atoms with Crippen molar-refractivity contribution in [3.05, 3.63) is 59.2 Å². The van der Waals surface area contributed by atoms with Crippen LogP contribution in [0.2, 0.25) is 0 Å². The van der Waals surface area contributed by atoms with Crippen LogP contribution in [-0.4, -0.2) is 18.6 Å². The molecule has 0 fully saturated rings. The minimum absolute atomic E-state index is 0.0251. The zero-order valence-electron chi connectivity index (χ0n) is 14.0. The number of aryl methyl sites for hydroxylation is 3. The maximum atomic E-state index is 12.8. The Bertz CT molecular complexity index is 723. The van der Waals surface area contributed by atoms with E-state index in [-0.39, 0.29) is 5.91 Å². The van der Waals surface area contributed by atoms with Gasteiger partial charge in [-0.25, -0.2) is 0 Å². The van der Waals surface area contributed by atoms with E-state index in [1.54, 1.807) is 0 Å². The summed E-state index contributed by atoms with van der Waals surface area (Å²) in [5.74, 6) is 0.805. The monoisotopic (exact) mass is 309 g/mol. The normalized spacial score (nSPS) is 15.0. The van der Waals surface area contributed by atoms with Crippen LogP contribution in [0.25, 0.3) is 0 Å². The van der Waals surface area contributed by atoms with E-state index in [1.165, 1.54) is 11.1 Å². The summed E-state index contributed by atoms with van der Waals surface area (Å²) >= 11 is 0. The number of anilines is 1. The van der Waals surface area contributed by atoms with Crippen molar-refractivity contribution in [1.29, 1.82) is 0 Å². The fourth-order valence-corrected chi connectivity index (χ4v) is 3.15. The lowest BCUT2D eigenvalue weighted by molar-refractivity contribution is -0.124. The molecule has 0 bridgehead atoms. The number of carbonyl (C=O) groups excluding carboxylic acids is 1. The van der Waals surface area contributed by atoms with E-state index < -0.39 is 6.10 Å². The lowest BCUT2D eigenvalue weighted by Crippen LogP contribution is -2.43. The number of nitrogens with zero attached hydrogens (tertiary/aromatic N) is 1. The number of para-hydroxylation sites is 1. The van der Waals surface area contributed by atoms with Gasteiger partial charge in [0.15, 0.2) is 6.10 Å². The molecule has 120 valence electrons. The molecule has 2 aromatic carbocycles. The van der Waals surface area contributed by atoms with E-state index >= 15 is 0 Å². The van der Waals surface area contributed by atoms with Gasteiger partial charge in [0, 0.05) is 12.2 Å². The van der Waals surface area contributed by atoms with E-state index in [9.17, 15) is 4.79 Å². The number of hydrogen-bond acceptors (Lipinski definition) is 2. The van der Waals surface area contributed by atoms with Crippen molar-refractivity contribution in [2.75, 3.05) is 11.4 Å². The van der Waals surface area contributed by atoms with Crippen LogP contribution < -0.4 is 9.64 Å². The van der Waals surface area contributed by atoms with Gasteiger partial charge >= 0.3 is 0 Å². The molecule has 0 saturated heterocycles. The van der Waals surface area contributed by atoms with Crippen molar-refractivity contribution in [3.8, 4) is 5.75 Å². The van der Waals surface area contributed by atoms with Gasteiger partial charge in [-0.3, -0.25) is 4.79 Å². The number of hydrogen-bond donors (Lipinski definition) is 0. The average molecular weight is 309 g/mol. The summed E-state index contributed by atoms with van der Waals surface area (Å²) in [6.07, 6.45) is 1.54. The molecule has 0 N–H and O–H groups in total. The summed E-state index contributed by atoms with van der Waals surface area (Å²) in [5.41, 5.74) is 4.52. The Morgan fingerprint density at radius 3 is 2.74 bits per heavy atom. The molecule has 0 radical (unpaired) electrons. The molecule has 1 unspecified atom stereocenters. The molecular formula is C20H23NO2. The van der Waals surface area contributed by atoms with E-state index in [4.69, 9.17) is 4.74 Å². The van der Waals surface area contributed by atoms with Crippen LogP contribution >= 0.6 is 0 Å². The van der Waals surface area contributed by atoms with Gasteiger partial charge in [-0.1, -0.05) is 35.9 Å². The average Bonchev–Trinajstić information content (AvgIpc) is 2.56. The van der Waals surface area contributed by atoms with Crippen LogP contribution in [-0.2, 0) is 11.2 Å². The third kappa shape index (κ3) is 3.24. The molecule has 1 amide bonds. The van der Waals surface area contributed by atoms with Crippen molar-refractivity contribution in [1.82, 2.24) is 0 Å². The second kappa shape index (κ2) is 6.45. The van der Waals surface area contributed by atoms with Crippen molar-refractivity contribution >= 4 is 11.6 Å². The molecule has 0 saturated carbocycles. The van der Waals surface area contributed by atoms with Gasteiger partial charge in [-0.05, 0) is 56.9 Å². The number of fused-ring (bicyclic) bond motifs is 1. The van der Waals surface area contributed by atoms with E-state index in [2.05, 4.69) is 19.1 Å². The first kappa shape index (κ1) is 15.6. The number of carbonyl (C=O) groups is 1. The molecule has 2 aromatic rings. The van der Waals surface area contributed by atoms with Crippen LogP contribution in [0.3, 0.4) is 0 Å². The van der Waals surface area contributed by atoms with Crippen molar-refractivity contribution in [3.63, 3.8) is 0 Å². The van der Waals surface area contributed by atoms with Gasteiger partial charge in [0.05, 0.1) is 0 Å². The summed E-state index contributed by atoms with van der Waals surface area (Å²) in [6, 6.07) is 14.2. The molecule has 3 heteroatoms. The number of benzene rings is 2. The van der Waals surface area contributed by atoms with Crippen LogP contribution in [0.4, 0.5) is 5.69 Å². The molecule has 1 atom stereocenters. The third-order valence-electron chi connectivity index (χ3n) is 4.36. The molecule has 0 spiro atoms. The summed E-state index contributed by atoms with van der Waals surface area (Å²) in [5, 5.41) is 0. The SMILES string of the molecule is Cc1ccc(OC(C)C(=O)N2CCCc3ccccc32)c(C)c1. The highest BCUT2D eigenvalue weighted by atomic mass is 16.5. The molecule has 1 heterocycles. The highest BCUT2D eigenvalue weighted by molar-refractivity contribution is 5.97. The second-order valence-corrected chi connectivity index (χ2v) is 6.25. The third-order valence-corrected chi connectivity index (χ3v) is 4.36. The Balaban J connectivity index is 1.78. The Hall–Kier alpha value is -2.29. The maximum Gasteiger partial charge on any atom is 0.267 e. The van der Waals surface area contributed by atoms with Gasteiger partial charge in [0.2, 0.25) is 0 Å². The Kier molecular flexibility index (Phi) is 4.37. The van der Waals surface area contributed by atoms with Crippen LogP contribution in [0.15, 0.2) is 42.5 Å². The summed E-state index contributed by atoms with van der Waals surface area (Å²) in [6.45, 7) is 6.65. The smallest absolute Gasteiger partial charge is 0.267 e. The van der Waals surface area contributed by atoms with E-state index in [0.717, 1.165) is 36.4 Å². The van der Waals surface area contributed by atoms with Crippen molar-refractivity contribution in [2.24, 2.45) is 0 Å². The lowest BCUT2D eigenvalue weighted by Gasteiger charge is -2.31. The van der Waals surface area contributed by atoms with Gasteiger partial charge < -0.3 is 9.64 Å². The summed E-state index contributed by atoms with van der Waals surface area (Å²) in [4.78, 5) is 14.7. The highest BCUT2D eigenvalue weighted by Gasteiger charge is 2.27. The molecule has 3 rings (SSSR count). The minimum Gasteiger partial charge on any atom is -0.481 e. The Morgan fingerprint density at radius 2 is 1.96 bits per heavy atom. The van der Waals surface area contributed by atoms with E-state index in [1.807, 2.05) is 49.1 Å². The van der Waals surface area contributed by atoms with Crippen LogP contribution in [0, 0.1) is 13.8 Å². The predicted molar refractivity (Wildman–Crippen MR) is 93.1 cm³/mol. The zero-order valence-corrected chi connectivity index (χ0v) is 14.0. The fourth-order valence-electron chi connectivity index (χ4n) is 3.15. The van der Waals surface area contributed by atoms with Gasteiger partial charge in [0.25, 0.3) is 5.91 Å². The summed E-state index contributed by atoms with van der Waals surface area (Å²) < 4.78 is 5.94. The zero-order chi connectivity index (χ0) is 16.4. The Morgan fingerprint density at radius 1 is 1.17 bits per heavy atom. The van der Waals surface area contributed by atoms with Gasteiger partial charge in [-0.15, -0.1) is 0 Å². The maximum absolute atomic E-state index is 12.8. The first-order valence-electron chi connectivity index (χ1n) is 8.19. The second-order valence-electron chi connectivity index (χ2n) is 6.25. The number of amides is 1. The standard InChI is InChI=1S/C20H23NO2/c1-14-10-11-19(15(2)13-14)23-16(3)20(22)21-12-6-8-17-7-4-5-9-18(17)21/h4-5,7,9-11,13,16H,6,8,12H2,1-3H3. The fraction of sp³-hybridized carbons (Fsp3) is 0.350. The first-order valence-corrected chi connectivity index (χ1v) is 8.19. The largest absolute Gasteiger partial charge is 0.481 e. The molecule has 0 aliphatic carbocycles. The van der Waals surface area contributed by atoms with Crippen LogP contribution in [0.1, 0.15) is 30.0 Å². The first-order chi connectivity index (χ1) is 11.1. The molecular weight excluding hydrogens is 286 g/mol. The minimum atomic E-state index is -0.498. The number of rotatable bonds is 3. The molecule has 0 aromatic heterocycles. The van der Waals surface area contributed by atoms with Crippen LogP contribution in [0.5, 0.6) is 5.75 Å². The quantitative estimate of drug-likeness (QED) is 0.856. The summed E-state index contributed by atoms with van der Waals surface area (Å²) in [7, 11) is 0. The van der Waals surface area contributed by atoms with Crippen molar-refractivity contribution in [2.45, 2.75) is 39.7 Å². The molecule has 23 heavy (non-hydrogen) atoms. The molecule has 1 aliphatic rings. The molecule has 1 aliphatic heterocycles. The highest BCUT2D eigenvalue weighted by Crippen LogP contribution is 2.28.